The summed E-state index contributed by atoms with van der Waals surface area (Å²) in [6.45, 7) is 11.8. The standard InChI is InChI=1S/C15H21NO/c1-6-13(5)16(11(2)3)15(17)14-9-7-8-12(4)10-14/h6-11,13H,1H2,2-5H3. The lowest BCUT2D eigenvalue weighted by Gasteiger charge is -2.31. The van der Waals surface area contributed by atoms with Crippen LogP contribution in [-0.4, -0.2) is 22.9 Å². The zero-order valence-corrected chi connectivity index (χ0v) is 11.1. The number of carbonyl (C=O) groups excluding carboxylic acids is 1. The molecular weight excluding hydrogens is 210 g/mol. The summed E-state index contributed by atoms with van der Waals surface area (Å²) < 4.78 is 0. The van der Waals surface area contributed by atoms with Crippen LogP contribution >= 0.6 is 0 Å². The number of benzene rings is 1. The van der Waals surface area contributed by atoms with E-state index >= 15 is 0 Å². The lowest BCUT2D eigenvalue weighted by atomic mass is 10.1. The molecule has 92 valence electrons. The van der Waals surface area contributed by atoms with Crippen LogP contribution in [0.1, 0.15) is 36.7 Å². The SMILES string of the molecule is C=CC(C)N(C(=O)c1cccc(C)c1)C(C)C. The van der Waals surface area contributed by atoms with Gasteiger partial charge in [-0.15, -0.1) is 6.58 Å². The van der Waals surface area contributed by atoms with Crippen LogP contribution in [0.5, 0.6) is 0 Å². The van der Waals surface area contributed by atoms with Crippen LogP contribution in [0.2, 0.25) is 0 Å². The molecule has 0 aliphatic rings. The first-order valence-electron chi connectivity index (χ1n) is 5.99. The van der Waals surface area contributed by atoms with Crippen molar-refractivity contribution < 1.29 is 4.79 Å². The highest BCUT2D eigenvalue weighted by molar-refractivity contribution is 5.94. The highest BCUT2D eigenvalue weighted by atomic mass is 16.2. The smallest absolute Gasteiger partial charge is 0.254 e. The van der Waals surface area contributed by atoms with Crippen molar-refractivity contribution in [2.24, 2.45) is 0 Å². The van der Waals surface area contributed by atoms with Gasteiger partial charge in [-0.1, -0.05) is 23.8 Å². The van der Waals surface area contributed by atoms with Crippen LogP contribution in [-0.2, 0) is 0 Å². The molecule has 0 spiro atoms. The maximum atomic E-state index is 12.4. The van der Waals surface area contributed by atoms with Gasteiger partial charge in [-0.3, -0.25) is 4.79 Å². The van der Waals surface area contributed by atoms with E-state index in [1.54, 1.807) is 6.08 Å². The Balaban J connectivity index is 3.04. The molecule has 2 nitrogen and oxygen atoms in total. The van der Waals surface area contributed by atoms with Crippen LogP contribution in [0.15, 0.2) is 36.9 Å². The van der Waals surface area contributed by atoms with Gasteiger partial charge in [-0.2, -0.15) is 0 Å². The van der Waals surface area contributed by atoms with Gasteiger partial charge in [0.15, 0.2) is 0 Å². The summed E-state index contributed by atoms with van der Waals surface area (Å²) in [5.74, 6) is 0.0658. The highest BCUT2D eigenvalue weighted by Crippen LogP contribution is 2.14. The normalized spacial score (nSPS) is 12.3. The Kier molecular flexibility index (Phi) is 4.50. The van der Waals surface area contributed by atoms with E-state index in [0.29, 0.717) is 0 Å². The van der Waals surface area contributed by atoms with Crippen molar-refractivity contribution in [3.63, 3.8) is 0 Å². The molecule has 1 aromatic carbocycles. The number of carbonyl (C=O) groups is 1. The molecule has 0 saturated heterocycles. The minimum atomic E-state index is 0.0445. The quantitative estimate of drug-likeness (QED) is 0.727. The topological polar surface area (TPSA) is 20.3 Å². The minimum Gasteiger partial charge on any atom is -0.330 e. The van der Waals surface area contributed by atoms with Crippen molar-refractivity contribution in [1.29, 1.82) is 0 Å². The fraction of sp³-hybridized carbons (Fsp3) is 0.400. The molecule has 0 aromatic heterocycles. The molecule has 0 saturated carbocycles. The number of hydrogen-bond acceptors (Lipinski definition) is 1. The van der Waals surface area contributed by atoms with E-state index < -0.39 is 0 Å². The van der Waals surface area contributed by atoms with Gasteiger partial charge >= 0.3 is 0 Å². The summed E-state index contributed by atoms with van der Waals surface area (Å²) in [7, 11) is 0. The summed E-state index contributed by atoms with van der Waals surface area (Å²) in [5.41, 5.74) is 1.85. The van der Waals surface area contributed by atoms with Crippen LogP contribution in [0.3, 0.4) is 0 Å². The summed E-state index contributed by atoms with van der Waals surface area (Å²) in [6.07, 6.45) is 1.80. The minimum absolute atomic E-state index is 0.0445. The van der Waals surface area contributed by atoms with Crippen molar-refractivity contribution in [2.75, 3.05) is 0 Å². The molecule has 0 heterocycles. The highest BCUT2D eigenvalue weighted by Gasteiger charge is 2.22. The molecule has 2 heteroatoms. The van der Waals surface area contributed by atoms with Crippen LogP contribution in [0.4, 0.5) is 0 Å². The first-order chi connectivity index (χ1) is 7.97. The maximum Gasteiger partial charge on any atom is 0.254 e. The third-order valence-electron chi connectivity index (χ3n) is 2.84. The van der Waals surface area contributed by atoms with Crippen LogP contribution in [0.25, 0.3) is 0 Å². The lowest BCUT2D eigenvalue weighted by Crippen LogP contribution is -2.42. The Morgan fingerprint density at radius 2 is 2.00 bits per heavy atom. The summed E-state index contributed by atoms with van der Waals surface area (Å²) in [4.78, 5) is 14.3. The predicted octanol–water partition coefficient (Wildman–Crippen LogP) is 3.42. The number of amides is 1. The van der Waals surface area contributed by atoms with Gasteiger partial charge in [-0.05, 0) is 39.8 Å². The van der Waals surface area contributed by atoms with Gasteiger partial charge in [0.1, 0.15) is 0 Å². The summed E-state index contributed by atoms with van der Waals surface area (Å²) in [5, 5.41) is 0. The maximum absolute atomic E-state index is 12.4. The van der Waals surface area contributed by atoms with E-state index in [1.807, 2.05) is 56.9 Å². The van der Waals surface area contributed by atoms with Crippen LogP contribution in [0, 0.1) is 6.92 Å². The first kappa shape index (κ1) is 13.5. The molecule has 0 radical (unpaired) electrons. The zero-order valence-electron chi connectivity index (χ0n) is 11.1. The molecule has 1 unspecified atom stereocenters. The molecule has 17 heavy (non-hydrogen) atoms. The van der Waals surface area contributed by atoms with Gasteiger partial charge in [0.25, 0.3) is 5.91 Å². The second-order valence-electron chi connectivity index (χ2n) is 4.65. The van der Waals surface area contributed by atoms with Gasteiger partial charge in [0, 0.05) is 17.6 Å². The fourth-order valence-electron chi connectivity index (χ4n) is 1.93. The van der Waals surface area contributed by atoms with E-state index in [9.17, 15) is 4.79 Å². The number of aryl methyl sites for hydroxylation is 1. The molecule has 1 atom stereocenters. The Labute approximate surface area is 104 Å². The first-order valence-corrected chi connectivity index (χ1v) is 5.99. The van der Waals surface area contributed by atoms with E-state index in [4.69, 9.17) is 0 Å². The summed E-state index contributed by atoms with van der Waals surface area (Å²) >= 11 is 0. The van der Waals surface area contributed by atoms with Crippen molar-refractivity contribution >= 4 is 5.91 Å². The van der Waals surface area contributed by atoms with Gasteiger partial charge in [0.05, 0.1) is 0 Å². The molecule has 1 rings (SSSR count). The van der Waals surface area contributed by atoms with Crippen molar-refractivity contribution in [1.82, 2.24) is 4.90 Å². The zero-order chi connectivity index (χ0) is 13.0. The monoisotopic (exact) mass is 231 g/mol. The average molecular weight is 231 g/mol. The van der Waals surface area contributed by atoms with E-state index in [-0.39, 0.29) is 18.0 Å². The third kappa shape index (κ3) is 3.19. The summed E-state index contributed by atoms with van der Waals surface area (Å²) in [6, 6.07) is 7.90. The largest absolute Gasteiger partial charge is 0.330 e. The second-order valence-corrected chi connectivity index (χ2v) is 4.65. The van der Waals surface area contributed by atoms with Crippen LogP contribution < -0.4 is 0 Å². The number of hydrogen-bond donors (Lipinski definition) is 0. The molecule has 0 N–H and O–H groups in total. The second kappa shape index (κ2) is 5.67. The third-order valence-corrected chi connectivity index (χ3v) is 2.84. The fourth-order valence-corrected chi connectivity index (χ4v) is 1.93. The molecular formula is C15H21NO. The van der Waals surface area contributed by atoms with E-state index in [0.717, 1.165) is 11.1 Å². The molecule has 0 bridgehead atoms. The van der Waals surface area contributed by atoms with E-state index in [1.165, 1.54) is 0 Å². The Morgan fingerprint density at radius 1 is 1.35 bits per heavy atom. The molecule has 0 aliphatic carbocycles. The lowest BCUT2D eigenvalue weighted by molar-refractivity contribution is 0.0667. The van der Waals surface area contributed by atoms with Crippen molar-refractivity contribution in [2.45, 2.75) is 39.8 Å². The molecule has 1 aromatic rings. The Hall–Kier alpha value is -1.57. The van der Waals surface area contributed by atoms with Crippen molar-refractivity contribution in [3.8, 4) is 0 Å². The van der Waals surface area contributed by atoms with Gasteiger partial charge in [0.2, 0.25) is 0 Å². The molecule has 0 fully saturated rings. The van der Waals surface area contributed by atoms with Crippen molar-refractivity contribution in [3.05, 3.63) is 48.0 Å². The van der Waals surface area contributed by atoms with E-state index in [2.05, 4.69) is 6.58 Å². The van der Waals surface area contributed by atoms with Gasteiger partial charge in [-0.25, -0.2) is 0 Å². The Morgan fingerprint density at radius 3 is 2.47 bits per heavy atom. The number of nitrogens with zero attached hydrogens (tertiary/aromatic N) is 1. The molecule has 1 amide bonds. The molecule has 0 aliphatic heterocycles. The van der Waals surface area contributed by atoms with Gasteiger partial charge < -0.3 is 4.90 Å². The predicted molar refractivity (Wildman–Crippen MR) is 72.1 cm³/mol. The number of rotatable bonds is 4. The Bertz CT molecular complexity index is 409. The average Bonchev–Trinajstić information content (AvgIpc) is 2.28.